The van der Waals surface area contributed by atoms with Crippen LogP contribution in [0.15, 0.2) is 11.3 Å². The predicted molar refractivity (Wildman–Crippen MR) is 50.9 cm³/mol. The van der Waals surface area contributed by atoms with Crippen LogP contribution in [0, 0.1) is 44.1 Å². The molecule has 0 saturated carbocycles. The third-order valence-electron chi connectivity index (χ3n) is 2.58. The van der Waals surface area contributed by atoms with Crippen molar-refractivity contribution in [1.82, 2.24) is 4.90 Å². The van der Waals surface area contributed by atoms with Gasteiger partial charge in [-0.2, -0.15) is 0 Å². The second-order valence-corrected chi connectivity index (χ2v) is 4.39. The summed E-state index contributed by atoms with van der Waals surface area (Å²) in [6.07, 6.45) is 0. The van der Waals surface area contributed by atoms with E-state index in [0.717, 1.165) is 17.0 Å². The summed E-state index contributed by atoms with van der Waals surface area (Å²) in [5.41, 5.74) is 7.45. The number of aliphatic hydroxyl groups is 1. The van der Waals surface area contributed by atoms with E-state index in [1.165, 1.54) is 0 Å². The van der Waals surface area contributed by atoms with Crippen molar-refractivity contribution in [3.05, 3.63) is 11.3 Å². The number of fused-ring (bicyclic) bond motifs is 1. The van der Waals surface area contributed by atoms with Crippen molar-refractivity contribution in [2.24, 2.45) is 5.73 Å². The molecule has 2 atom stereocenters. The summed E-state index contributed by atoms with van der Waals surface area (Å²) >= 11 is 1.62. The van der Waals surface area contributed by atoms with Gasteiger partial charge in [0.25, 0.3) is 0 Å². The van der Waals surface area contributed by atoms with E-state index >= 15 is 0 Å². The Hall–Kier alpha value is 0.922. The molecule has 0 aromatic carbocycles. The van der Waals surface area contributed by atoms with E-state index in [9.17, 15) is 4.79 Å². The number of nitrogens with zero attached hydrogens (tertiary/aromatic N) is 1. The number of β-lactam (4-membered cyclic amide) rings is 1. The average Bonchev–Trinajstić information content (AvgIpc) is 2.16. The van der Waals surface area contributed by atoms with Crippen molar-refractivity contribution in [1.29, 1.82) is 0 Å². The number of thioether (sulfide) groups is 1. The molecule has 4 nitrogen and oxygen atoms in total. The zero-order valence-electron chi connectivity index (χ0n) is 7.93. The Morgan fingerprint density at radius 2 is 2.36 bits per heavy atom. The molecule has 3 N–H and O–H groups in total. The molecule has 0 aromatic rings. The first-order valence-electron chi connectivity index (χ1n) is 4.16. The van der Waals surface area contributed by atoms with Gasteiger partial charge in [-0.3, -0.25) is 4.79 Å². The van der Waals surface area contributed by atoms with Crippen molar-refractivity contribution in [2.75, 3.05) is 12.4 Å². The Morgan fingerprint density at radius 1 is 1.71 bits per heavy atom. The van der Waals surface area contributed by atoms with Crippen LogP contribution in [-0.2, 0) is 4.79 Å². The minimum atomic E-state index is -0.347. The summed E-state index contributed by atoms with van der Waals surface area (Å²) in [6, 6.07) is -0.347. The molecule has 2 rings (SSSR count). The van der Waals surface area contributed by atoms with E-state index in [2.05, 4.69) is 0 Å². The van der Waals surface area contributed by atoms with E-state index in [1.54, 1.807) is 16.7 Å². The van der Waals surface area contributed by atoms with Crippen LogP contribution in [0.3, 0.4) is 0 Å². The molecule has 2 aliphatic rings. The first-order valence-corrected chi connectivity index (χ1v) is 5.21. The van der Waals surface area contributed by atoms with Crippen LogP contribution in [0.5, 0.6) is 0 Å². The zero-order valence-corrected chi connectivity index (χ0v) is 13.5. The third-order valence-corrected chi connectivity index (χ3v) is 3.94. The van der Waals surface area contributed by atoms with Crippen LogP contribution < -0.4 is 5.73 Å². The van der Waals surface area contributed by atoms with Crippen molar-refractivity contribution in [2.45, 2.75) is 18.3 Å². The number of aliphatic hydroxyl groups excluding tert-OH is 1. The molecule has 14 heavy (non-hydrogen) atoms. The van der Waals surface area contributed by atoms with Gasteiger partial charge in [-0.15, -0.1) is 11.8 Å². The molecule has 1 saturated heterocycles. The van der Waals surface area contributed by atoms with Crippen molar-refractivity contribution >= 4 is 17.7 Å². The van der Waals surface area contributed by atoms with E-state index in [1.807, 2.05) is 6.92 Å². The number of hydrogen-bond donors (Lipinski definition) is 2. The summed E-state index contributed by atoms with van der Waals surface area (Å²) in [5, 5.41) is 9.10. The molecule has 2 heterocycles. The Labute approximate surface area is 123 Å². The van der Waals surface area contributed by atoms with Gasteiger partial charge in [-0.1, -0.05) is 0 Å². The minimum Gasteiger partial charge on any atom is -0.392 e. The third kappa shape index (κ3) is 1.80. The van der Waals surface area contributed by atoms with E-state index in [-0.39, 0.29) is 68.0 Å². The van der Waals surface area contributed by atoms with Crippen LogP contribution in [-0.4, -0.2) is 39.7 Å². The second kappa shape index (κ2) is 4.84. The van der Waals surface area contributed by atoms with Gasteiger partial charge >= 0.3 is 0 Å². The average molecular weight is 427 g/mol. The number of allylic oxidation sites excluding steroid dienone is 1. The Bertz CT molecular complexity index is 295. The van der Waals surface area contributed by atoms with Crippen LogP contribution >= 0.6 is 11.8 Å². The number of amides is 1. The van der Waals surface area contributed by atoms with Crippen molar-refractivity contribution < 1.29 is 54.0 Å². The molecule has 0 bridgehead atoms. The molecule has 1 amide bonds. The van der Waals surface area contributed by atoms with Crippen LogP contribution in [0.1, 0.15) is 6.92 Å². The fourth-order valence-electron chi connectivity index (χ4n) is 1.64. The van der Waals surface area contributed by atoms with Gasteiger partial charge < -0.3 is 15.7 Å². The second-order valence-electron chi connectivity index (χ2n) is 3.28. The largest absolute Gasteiger partial charge is 0.392 e. The van der Waals surface area contributed by atoms with E-state index in [0.29, 0.717) is 0 Å². The molecular formula is C8H12AcN2O2S. The molecule has 75 valence electrons. The number of rotatable bonds is 1. The SMILES string of the molecule is CC1=C(CO)CSC2C(N)C(=O)N12.[Ac]. The van der Waals surface area contributed by atoms with Gasteiger partial charge in [0.1, 0.15) is 11.4 Å². The van der Waals surface area contributed by atoms with Gasteiger partial charge in [0.2, 0.25) is 5.91 Å². The summed E-state index contributed by atoms with van der Waals surface area (Å²) in [6.45, 7) is 1.90. The summed E-state index contributed by atoms with van der Waals surface area (Å²) < 4.78 is 0. The zero-order chi connectivity index (χ0) is 9.59. The first-order chi connectivity index (χ1) is 6.16. The number of carbonyl (C=O) groups is 1. The number of carbonyl (C=O) groups excluding carboxylic acids is 1. The molecule has 0 aromatic heterocycles. The fourth-order valence-corrected chi connectivity index (χ4v) is 3.05. The Balaban J connectivity index is 0.000000980. The minimum absolute atomic E-state index is 0. The smallest absolute Gasteiger partial charge is 0.247 e. The topological polar surface area (TPSA) is 66.6 Å². The van der Waals surface area contributed by atoms with Crippen molar-refractivity contribution in [3.63, 3.8) is 0 Å². The summed E-state index contributed by atoms with van der Waals surface area (Å²) in [7, 11) is 0. The molecular weight excluding hydrogens is 415 g/mol. The summed E-state index contributed by atoms with van der Waals surface area (Å²) in [5.74, 6) is 0.755. The van der Waals surface area contributed by atoms with Crippen molar-refractivity contribution in [3.8, 4) is 0 Å². The van der Waals surface area contributed by atoms with Gasteiger partial charge in [-0.05, 0) is 12.5 Å². The van der Waals surface area contributed by atoms with Crippen LogP contribution in [0.25, 0.3) is 0 Å². The van der Waals surface area contributed by atoms with E-state index in [4.69, 9.17) is 10.8 Å². The van der Waals surface area contributed by atoms with Gasteiger partial charge in [0.05, 0.1) is 6.61 Å². The quantitative estimate of drug-likeness (QED) is 0.554. The Morgan fingerprint density at radius 3 is 2.93 bits per heavy atom. The van der Waals surface area contributed by atoms with Crippen LogP contribution in [0.2, 0.25) is 0 Å². The molecule has 1 fully saturated rings. The normalized spacial score (nSPS) is 30.8. The standard InChI is InChI=1S/C8H12N2O2S.Ac/c1-4-5(2-11)3-13-8-6(9)7(12)10(4)8;/h6,8,11H,2-3,9H2,1H3;. The van der Waals surface area contributed by atoms with Gasteiger partial charge in [0.15, 0.2) is 0 Å². The molecule has 6 heteroatoms. The maximum Gasteiger partial charge on any atom is 0.247 e. The van der Waals surface area contributed by atoms with Gasteiger partial charge in [0, 0.05) is 55.5 Å². The molecule has 2 aliphatic heterocycles. The number of nitrogens with two attached hydrogens (primary N) is 1. The monoisotopic (exact) mass is 427 g/mol. The molecule has 2 unspecified atom stereocenters. The van der Waals surface area contributed by atoms with Crippen LogP contribution in [0.4, 0.5) is 0 Å². The van der Waals surface area contributed by atoms with E-state index < -0.39 is 0 Å². The number of hydrogen-bond acceptors (Lipinski definition) is 4. The maximum atomic E-state index is 11.3. The molecule has 0 aliphatic carbocycles. The first kappa shape index (κ1) is 13.0. The Kier molecular flexibility index (Phi) is 4.49. The van der Waals surface area contributed by atoms with Gasteiger partial charge in [-0.25, -0.2) is 0 Å². The predicted octanol–water partition coefficient (Wildman–Crippen LogP) is -0.505. The molecule has 0 spiro atoms. The summed E-state index contributed by atoms with van der Waals surface area (Å²) in [4.78, 5) is 13.0. The fraction of sp³-hybridized carbons (Fsp3) is 0.625. The molecule has 1 radical (unpaired) electrons. The maximum absolute atomic E-state index is 11.3.